The van der Waals surface area contributed by atoms with Crippen molar-refractivity contribution in [1.82, 2.24) is 14.8 Å². The molecule has 5 nitrogen and oxygen atoms in total. The monoisotopic (exact) mass is 327 g/mol. The van der Waals surface area contributed by atoms with Crippen molar-refractivity contribution in [3.05, 3.63) is 42.2 Å². The van der Waals surface area contributed by atoms with Crippen LogP contribution >= 0.6 is 0 Å². The SMILES string of the molecule is O=C(C(c1cccnc1)N1CCOCC1)N1C[C@H]2CC=CC[C@H]2C1. The predicted octanol–water partition coefficient (Wildman–Crippen LogP) is 1.88. The number of aromatic nitrogens is 1. The van der Waals surface area contributed by atoms with Crippen LogP contribution in [0, 0.1) is 11.8 Å². The minimum Gasteiger partial charge on any atom is -0.379 e. The lowest BCUT2D eigenvalue weighted by Crippen LogP contribution is -2.46. The third kappa shape index (κ3) is 3.10. The topological polar surface area (TPSA) is 45.7 Å². The van der Waals surface area contributed by atoms with Crippen LogP contribution in [0.25, 0.3) is 0 Å². The Hall–Kier alpha value is -1.72. The fraction of sp³-hybridized carbons (Fsp3) is 0.579. The normalized spacial score (nSPS) is 28.6. The van der Waals surface area contributed by atoms with E-state index in [1.54, 1.807) is 6.20 Å². The van der Waals surface area contributed by atoms with Crippen molar-refractivity contribution in [2.75, 3.05) is 39.4 Å². The summed E-state index contributed by atoms with van der Waals surface area (Å²) in [5, 5.41) is 0. The second-order valence-electron chi connectivity index (χ2n) is 7.04. The second-order valence-corrected chi connectivity index (χ2v) is 7.04. The average Bonchev–Trinajstić information content (AvgIpc) is 3.08. The molecule has 0 saturated carbocycles. The van der Waals surface area contributed by atoms with E-state index in [0.29, 0.717) is 25.0 Å². The number of pyridine rings is 1. The number of carbonyl (C=O) groups excluding carboxylic acids is 1. The maximum atomic E-state index is 13.4. The van der Waals surface area contributed by atoms with Crippen LogP contribution < -0.4 is 0 Å². The number of hydrogen-bond donors (Lipinski definition) is 0. The van der Waals surface area contributed by atoms with Crippen LogP contribution in [0.1, 0.15) is 24.4 Å². The Morgan fingerprint density at radius 1 is 1.17 bits per heavy atom. The first-order chi connectivity index (χ1) is 11.8. The lowest BCUT2D eigenvalue weighted by Gasteiger charge is -2.35. The highest BCUT2D eigenvalue weighted by molar-refractivity contribution is 5.83. The third-order valence-corrected chi connectivity index (χ3v) is 5.58. The summed E-state index contributed by atoms with van der Waals surface area (Å²) in [5.74, 6) is 1.51. The molecule has 24 heavy (non-hydrogen) atoms. The standard InChI is InChI=1S/C19H25N3O2/c23-19(22-13-16-4-1-2-5-17(16)14-22)18(15-6-3-7-20-12-15)21-8-10-24-11-9-21/h1-3,6-7,12,16-18H,4-5,8-11,13-14H2/t16-,17+,18?. The molecule has 4 rings (SSSR count). The minimum atomic E-state index is -0.226. The highest BCUT2D eigenvalue weighted by Crippen LogP contribution is 2.35. The van der Waals surface area contributed by atoms with Gasteiger partial charge in [-0.05, 0) is 36.3 Å². The van der Waals surface area contributed by atoms with Crippen LogP contribution in [0.3, 0.4) is 0 Å². The molecule has 0 bridgehead atoms. The molecular formula is C19H25N3O2. The number of hydrogen-bond acceptors (Lipinski definition) is 4. The van der Waals surface area contributed by atoms with Crippen molar-refractivity contribution in [2.45, 2.75) is 18.9 Å². The van der Waals surface area contributed by atoms with E-state index >= 15 is 0 Å². The molecule has 5 heteroatoms. The summed E-state index contributed by atoms with van der Waals surface area (Å²) in [6, 6.07) is 3.72. The third-order valence-electron chi connectivity index (χ3n) is 5.58. The van der Waals surface area contributed by atoms with Crippen molar-refractivity contribution in [1.29, 1.82) is 0 Å². The summed E-state index contributed by atoms with van der Waals surface area (Å²) in [7, 11) is 0. The van der Waals surface area contributed by atoms with E-state index in [9.17, 15) is 4.79 Å². The van der Waals surface area contributed by atoms with Gasteiger partial charge in [-0.1, -0.05) is 18.2 Å². The van der Waals surface area contributed by atoms with E-state index < -0.39 is 0 Å². The maximum Gasteiger partial charge on any atom is 0.244 e. The molecule has 2 fully saturated rings. The first-order valence-corrected chi connectivity index (χ1v) is 8.98. The smallest absolute Gasteiger partial charge is 0.244 e. The molecule has 3 aliphatic rings. The lowest BCUT2D eigenvalue weighted by molar-refractivity contribution is -0.138. The molecule has 1 aromatic rings. The molecule has 3 heterocycles. The zero-order valence-electron chi connectivity index (χ0n) is 14.0. The van der Waals surface area contributed by atoms with Crippen molar-refractivity contribution < 1.29 is 9.53 Å². The van der Waals surface area contributed by atoms with Gasteiger partial charge < -0.3 is 9.64 Å². The lowest BCUT2D eigenvalue weighted by atomic mass is 9.86. The number of rotatable bonds is 3. The largest absolute Gasteiger partial charge is 0.379 e. The van der Waals surface area contributed by atoms with Gasteiger partial charge in [-0.3, -0.25) is 14.7 Å². The fourth-order valence-corrected chi connectivity index (χ4v) is 4.25. The molecule has 2 aliphatic heterocycles. The Balaban J connectivity index is 1.55. The van der Waals surface area contributed by atoms with Crippen LogP contribution in [-0.2, 0) is 9.53 Å². The summed E-state index contributed by atoms with van der Waals surface area (Å²) >= 11 is 0. The average molecular weight is 327 g/mol. The summed E-state index contributed by atoms with van der Waals surface area (Å²) in [6.45, 7) is 4.78. The Morgan fingerprint density at radius 2 is 1.88 bits per heavy atom. The highest BCUT2D eigenvalue weighted by atomic mass is 16.5. The Morgan fingerprint density at radius 3 is 2.50 bits per heavy atom. The van der Waals surface area contributed by atoms with Crippen LogP contribution in [0.15, 0.2) is 36.7 Å². The fourth-order valence-electron chi connectivity index (χ4n) is 4.25. The van der Waals surface area contributed by atoms with Crippen LogP contribution in [0.2, 0.25) is 0 Å². The van der Waals surface area contributed by atoms with Crippen molar-refractivity contribution in [3.8, 4) is 0 Å². The van der Waals surface area contributed by atoms with E-state index in [4.69, 9.17) is 4.74 Å². The molecule has 2 saturated heterocycles. The van der Waals surface area contributed by atoms with Gasteiger partial charge in [-0.25, -0.2) is 0 Å². The van der Waals surface area contributed by atoms with Crippen molar-refractivity contribution in [2.24, 2.45) is 11.8 Å². The number of ether oxygens (including phenoxy) is 1. The van der Waals surface area contributed by atoms with Gasteiger partial charge in [0.05, 0.1) is 13.2 Å². The predicted molar refractivity (Wildman–Crippen MR) is 91.3 cm³/mol. The molecule has 1 aliphatic carbocycles. The number of allylic oxidation sites excluding steroid dienone is 2. The van der Waals surface area contributed by atoms with Gasteiger partial charge in [0.1, 0.15) is 6.04 Å². The van der Waals surface area contributed by atoms with Crippen LogP contribution in [0.4, 0.5) is 0 Å². The van der Waals surface area contributed by atoms with E-state index in [2.05, 4.69) is 26.9 Å². The van der Waals surface area contributed by atoms with E-state index in [0.717, 1.165) is 44.6 Å². The van der Waals surface area contributed by atoms with Gasteiger partial charge >= 0.3 is 0 Å². The number of morpholine rings is 1. The van der Waals surface area contributed by atoms with E-state index in [-0.39, 0.29) is 11.9 Å². The highest BCUT2D eigenvalue weighted by Gasteiger charge is 2.39. The van der Waals surface area contributed by atoms with Crippen LogP contribution in [-0.4, -0.2) is 60.1 Å². The number of carbonyl (C=O) groups is 1. The van der Waals surface area contributed by atoms with Crippen LogP contribution in [0.5, 0.6) is 0 Å². The van der Waals surface area contributed by atoms with Gasteiger partial charge in [-0.15, -0.1) is 0 Å². The van der Waals surface area contributed by atoms with Gasteiger partial charge in [0.2, 0.25) is 5.91 Å². The zero-order valence-corrected chi connectivity index (χ0v) is 14.0. The van der Waals surface area contributed by atoms with Gasteiger partial charge in [0, 0.05) is 38.6 Å². The Kier molecular flexibility index (Phi) is 4.63. The first kappa shape index (κ1) is 15.8. The molecule has 0 N–H and O–H groups in total. The van der Waals surface area contributed by atoms with E-state index in [1.165, 1.54) is 0 Å². The van der Waals surface area contributed by atoms with Gasteiger partial charge in [-0.2, -0.15) is 0 Å². The molecule has 0 radical (unpaired) electrons. The van der Waals surface area contributed by atoms with E-state index in [1.807, 2.05) is 18.3 Å². The summed E-state index contributed by atoms with van der Waals surface area (Å²) in [5.41, 5.74) is 0.998. The van der Waals surface area contributed by atoms with Crippen molar-refractivity contribution in [3.63, 3.8) is 0 Å². The number of likely N-dealkylation sites (tertiary alicyclic amines) is 1. The Bertz CT molecular complexity index is 582. The molecular weight excluding hydrogens is 302 g/mol. The minimum absolute atomic E-state index is 0.226. The van der Waals surface area contributed by atoms with Crippen molar-refractivity contribution >= 4 is 5.91 Å². The molecule has 1 unspecified atom stereocenters. The molecule has 3 atom stereocenters. The summed E-state index contributed by atoms with van der Waals surface area (Å²) < 4.78 is 5.48. The maximum absolute atomic E-state index is 13.4. The summed E-state index contributed by atoms with van der Waals surface area (Å²) in [6.07, 6.45) is 10.4. The zero-order chi connectivity index (χ0) is 16.4. The number of amides is 1. The molecule has 128 valence electrons. The van der Waals surface area contributed by atoms with Gasteiger partial charge in [0.25, 0.3) is 0 Å². The summed E-state index contributed by atoms with van der Waals surface area (Å²) in [4.78, 5) is 22.0. The Labute approximate surface area is 143 Å². The molecule has 0 spiro atoms. The van der Waals surface area contributed by atoms with Gasteiger partial charge in [0.15, 0.2) is 0 Å². The first-order valence-electron chi connectivity index (χ1n) is 8.98. The quantitative estimate of drug-likeness (QED) is 0.795. The number of nitrogens with zero attached hydrogens (tertiary/aromatic N) is 3. The molecule has 0 aromatic carbocycles. The second kappa shape index (κ2) is 7.03. The number of fused-ring (bicyclic) bond motifs is 1. The molecule has 1 aromatic heterocycles. The molecule has 1 amide bonds.